The Balaban J connectivity index is 2.86. The number of hydrogen-bond donors (Lipinski definition) is 2. The Morgan fingerprint density at radius 3 is 2.56 bits per heavy atom. The maximum Gasteiger partial charge on any atom is 0.240 e. The Bertz CT molecular complexity index is 464. The van der Waals surface area contributed by atoms with Crippen molar-refractivity contribution in [1.29, 1.82) is 0 Å². The minimum Gasteiger partial charge on any atom is -0.303 e. The molecule has 0 atom stereocenters. The molecular weight excluding hydrogens is 275 g/mol. The van der Waals surface area contributed by atoms with Gasteiger partial charge in [0.1, 0.15) is 0 Å². The van der Waals surface area contributed by atoms with Crippen molar-refractivity contribution in [3.63, 3.8) is 0 Å². The van der Waals surface area contributed by atoms with Crippen molar-refractivity contribution in [1.82, 2.24) is 4.72 Å². The Morgan fingerprint density at radius 2 is 2.00 bits per heavy atom. The third-order valence-corrected chi connectivity index (χ3v) is 3.91. The molecule has 0 saturated heterocycles. The van der Waals surface area contributed by atoms with Crippen molar-refractivity contribution in [2.45, 2.75) is 4.90 Å². The molecule has 0 unspecified atom stereocenters. The Morgan fingerprint density at radius 1 is 1.31 bits per heavy atom. The molecule has 0 spiro atoms. The van der Waals surface area contributed by atoms with Gasteiger partial charge in [-0.05, 0) is 18.2 Å². The normalized spacial score (nSPS) is 11.7. The third kappa shape index (κ3) is 3.58. The highest BCUT2D eigenvalue weighted by molar-refractivity contribution is 7.89. The van der Waals surface area contributed by atoms with E-state index in [9.17, 15) is 8.42 Å². The van der Waals surface area contributed by atoms with Crippen LogP contribution in [-0.2, 0) is 14.9 Å². The van der Waals surface area contributed by atoms with Crippen LogP contribution in [0.4, 0.5) is 0 Å². The van der Waals surface area contributed by atoms with E-state index in [1.165, 1.54) is 18.2 Å². The topological polar surface area (TPSA) is 81.4 Å². The van der Waals surface area contributed by atoms with Crippen LogP contribution in [-0.4, -0.2) is 21.6 Å². The molecule has 0 heterocycles. The van der Waals surface area contributed by atoms with Crippen LogP contribution in [0.1, 0.15) is 0 Å². The van der Waals surface area contributed by atoms with Gasteiger partial charge in [0, 0.05) is 6.54 Å². The predicted octanol–water partition coefficient (Wildman–Crippen LogP) is 1.16. The first-order valence-corrected chi connectivity index (χ1v) is 6.47. The Kier molecular flexibility index (Phi) is 4.97. The zero-order valence-electron chi connectivity index (χ0n) is 8.11. The average molecular weight is 285 g/mol. The Hall–Kier alpha value is -0.370. The van der Waals surface area contributed by atoms with E-state index < -0.39 is 10.0 Å². The van der Waals surface area contributed by atoms with Crippen LogP contribution >= 0.6 is 23.2 Å². The average Bonchev–Trinajstić information content (AvgIpc) is 2.22. The van der Waals surface area contributed by atoms with E-state index in [1.807, 2.05) is 0 Å². The van der Waals surface area contributed by atoms with Gasteiger partial charge in [0.05, 0.1) is 21.5 Å². The summed E-state index contributed by atoms with van der Waals surface area (Å²) >= 11 is 11.4. The van der Waals surface area contributed by atoms with E-state index in [4.69, 9.17) is 29.1 Å². The van der Waals surface area contributed by atoms with Crippen LogP contribution < -0.4 is 10.6 Å². The third-order valence-electron chi connectivity index (χ3n) is 1.71. The van der Waals surface area contributed by atoms with Crippen molar-refractivity contribution < 1.29 is 13.3 Å². The summed E-state index contributed by atoms with van der Waals surface area (Å²) in [5.74, 6) is 4.77. The van der Waals surface area contributed by atoms with E-state index in [-0.39, 0.29) is 23.1 Å². The molecule has 0 aromatic heterocycles. The van der Waals surface area contributed by atoms with Gasteiger partial charge in [0.2, 0.25) is 10.0 Å². The molecule has 0 amide bonds. The number of nitrogens with two attached hydrogens (primary N) is 1. The lowest BCUT2D eigenvalue weighted by molar-refractivity contribution is 0.143. The van der Waals surface area contributed by atoms with Crippen molar-refractivity contribution in [2.75, 3.05) is 13.2 Å². The lowest BCUT2D eigenvalue weighted by atomic mass is 10.4. The molecule has 0 saturated carbocycles. The predicted molar refractivity (Wildman–Crippen MR) is 61.8 cm³/mol. The summed E-state index contributed by atoms with van der Waals surface area (Å²) in [6.07, 6.45) is 0. The minimum atomic E-state index is -3.60. The number of hydrogen-bond acceptors (Lipinski definition) is 4. The van der Waals surface area contributed by atoms with Crippen LogP contribution in [0, 0.1) is 0 Å². The second kappa shape index (κ2) is 5.81. The second-order valence-corrected chi connectivity index (χ2v) is 5.43. The monoisotopic (exact) mass is 284 g/mol. The van der Waals surface area contributed by atoms with E-state index in [0.29, 0.717) is 5.02 Å². The molecule has 3 N–H and O–H groups in total. The largest absolute Gasteiger partial charge is 0.303 e. The summed E-state index contributed by atoms with van der Waals surface area (Å²) in [6.45, 7) is 0.166. The van der Waals surface area contributed by atoms with Gasteiger partial charge >= 0.3 is 0 Å². The quantitative estimate of drug-likeness (QED) is 0.628. The molecule has 0 aliphatic rings. The number of rotatable bonds is 5. The molecule has 0 radical (unpaired) electrons. The SMILES string of the molecule is NOCCNS(=O)(=O)c1ccc(Cl)c(Cl)c1. The lowest BCUT2D eigenvalue weighted by Crippen LogP contribution is -2.28. The van der Waals surface area contributed by atoms with Gasteiger partial charge in [-0.3, -0.25) is 0 Å². The van der Waals surface area contributed by atoms with Crippen molar-refractivity contribution in [3.05, 3.63) is 28.2 Å². The first kappa shape index (κ1) is 13.7. The molecule has 1 rings (SSSR count). The summed E-state index contributed by atoms with van der Waals surface area (Å²) in [5, 5.41) is 0.477. The number of halogens is 2. The first-order chi connectivity index (χ1) is 7.47. The summed E-state index contributed by atoms with van der Waals surface area (Å²) in [5.41, 5.74) is 0. The maximum atomic E-state index is 11.7. The first-order valence-electron chi connectivity index (χ1n) is 4.24. The minimum absolute atomic E-state index is 0.0407. The van der Waals surface area contributed by atoms with Crippen LogP contribution in [0.5, 0.6) is 0 Å². The maximum absolute atomic E-state index is 11.7. The standard InChI is InChI=1S/C8H10Cl2N2O3S/c9-7-2-1-6(5-8(7)10)16(13,14)12-3-4-15-11/h1-2,5,12H,3-4,11H2. The highest BCUT2D eigenvalue weighted by Gasteiger charge is 2.14. The summed E-state index contributed by atoms with van der Waals surface area (Å²) in [7, 11) is -3.60. The van der Waals surface area contributed by atoms with Gasteiger partial charge in [0.25, 0.3) is 0 Å². The van der Waals surface area contributed by atoms with Crippen LogP contribution in [0.15, 0.2) is 23.1 Å². The summed E-state index contributed by atoms with van der Waals surface area (Å²) in [4.78, 5) is 4.28. The molecule has 1 aromatic carbocycles. The molecule has 8 heteroatoms. The molecule has 0 fully saturated rings. The van der Waals surface area contributed by atoms with Crippen molar-refractivity contribution >= 4 is 33.2 Å². The van der Waals surface area contributed by atoms with Gasteiger partial charge in [0.15, 0.2) is 0 Å². The van der Waals surface area contributed by atoms with E-state index >= 15 is 0 Å². The highest BCUT2D eigenvalue weighted by Crippen LogP contribution is 2.24. The van der Waals surface area contributed by atoms with Crippen LogP contribution in [0.3, 0.4) is 0 Å². The van der Waals surface area contributed by atoms with Gasteiger partial charge in [-0.25, -0.2) is 19.0 Å². The zero-order chi connectivity index (χ0) is 12.2. The van der Waals surface area contributed by atoms with Gasteiger partial charge < -0.3 is 4.84 Å². The number of benzene rings is 1. The van der Waals surface area contributed by atoms with Gasteiger partial charge in [-0.2, -0.15) is 0 Å². The zero-order valence-corrected chi connectivity index (χ0v) is 10.4. The molecular formula is C8H10Cl2N2O3S. The molecule has 0 aliphatic heterocycles. The fourth-order valence-corrected chi connectivity index (χ4v) is 2.36. The van der Waals surface area contributed by atoms with E-state index in [1.54, 1.807) is 0 Å². The van der Waals surface area contributed by atoms with E-state index in [0.717, 1.165) is 0 Å². The second-order valence-electron chi connectivity index (χ2n) is 2.84. The van der Waals surface area contributed by atoms with Crippen molar-refractivity contribution in [3.8, 4) is 0 Å². The van der Waals surface area contributed by atoms with Crippen molar-refractivity contribution in [2.24, 2.45) is 5.90 Å². The van der Waals surface area contributed by atoms with E-state index in [2.05, 4.69) is 9.56 Å². The molecule has 1 aromatic rings. The fourth-order valence-electron chi connectivity index (χ4n) is 0.962. The molecule has 0 bridgehead atoms. The lowest BCUT2D eigenvalue weighted by Gasteiger charge is -2.06. The van der Waals surface area contributed by atoms with Crippen LogP contribution in [0.25, 0.3) is 0 Å². The fraction of sp³-hybridized carbons (Fsp3) is 0.250. The molecule has 5 nitrogen and oxygen atoms in total. The molecule has 0 aliphatic carbocycles. The molecule has 16 heavy (non-hydrogen) atoms. The smallest absolute Gasteiger partial charge is 0.240 e. The van der Waals surface area contributed by atoms with Gasteiger partial charge in [-0.1, -0.05) is 23.2 Å². The highest BCUT2D eigenvalue weighted by atomic mass is 35.5. The summed E-state index contributed by atoms with van der Waals surface area (Å²) < 4.78 is 25.6. The Labute approximate surface area is 103 Å². The number of sulfonamides is 1. The molecule has 90 valence electrons. The van der Waals surface area contributed by atoms with Gasteiger partial charge in [-0.15, -0.1) is 0 Å². The number of nitrogens with one attached hydrogen (secondary N) is 1. The van der Waals surface area contributed by atoms with Crippen LogP contribution in [0.2, 0.25) is 10.0 Å². The summed E-state index contributed by atoms with van der Waals surface area (Å²) in [6, 6.07) is 4.05.